The van der Waals surface area contributed by atoms with Crippen molar-refractivity contribution >= 4 is 18.2 Å². The predicted octanol–water partition coefficient (Wildman–Crippen LogP) is 3.31. The molecule has 1 saturated carbocycles. The van der Waals surface area contributed by atoms with Crippen LogP contribution >= 0.6 is 11.9 Å². The SMILES string of the molecule is CS/N=C/CC1CCCCC1. The lowest BCUT2D eigenvalue weighted by Crippen LogP contribution is -2.05. The van der Waals surface area contributed by atoms with E-state index in [0.29, 0.717) is 0 Å². The van der Waals surface area contributed by atoms with Crippen LogP contribution in [-0.4, -0.2) is 12.5 Å². The summed E-state index contributed by atoms with van der Waals surface area (Å²) >= 11 is 1.56. The average molecular weight is 171 g/mol. The molecular weight excluding hydrogens is 154 g/mol. The summed E-state index contributed by atoms with van der Waals surface area (Å²) in [6.07, 6.45) is 12.5. The highest BCUT2D eigenvalue weighted by atomic mass is 32.2. The molecule has 0 heterocycles. The van der Waals surface area contributed by atoms with Crippen molar-refractivity contribution in [2.75, 3.05) is 6.26 Å². The van der Waals surface area contributed by atoms with Crippen LogP contribution in [0.25, 0.3) is 0 Å². The van der Waals surface area contributed by atoms with Crippen molar-refractivity contribution < 1.29 is 0 Å². The lowest BCUT2D eigenvalue weighted by Gasteiger charge is -2.19. The fourth-order valence-electron chi connectivity index (χ4n) is 1.69. The second kappa shape index (κ2) is 5.64. The molecule has 1 nitrogen and oxygen atoms in total. The summed E-state index contributed by atoms with van der Waals surface area (Å²) in [5.41, 5.74) is 0. The zero-order valence-electron chi connectivity index (χ0n) is 7.25. The van der Waals surface area contributed by atoms with Crippen LogP contribution in [0.3, 0.4) is 0 Å². The van der Waals surface area contributed by atoms with Gasteiger partial charge in [0.25, 0.3) is 0 Å². The normalized spacial score (nSPS) is 21.2. The molecule has 0 spiro atoms. The molecule has 11 heavy (non-hydrogen) atoms. The van der Waals surface area contributed by atoms with E-state index in [1.165, 1.54) is 38.5 Å². The minimum absolute atomic E-state index is 0.944. The molecule has 0 N–H and O–H groups in total. The van der Waals surface area contributed by atoms with Crippen LogP contribution in [0.4, 0.5) is 0 Å². The molecule has 0 saturated heterocycles. The van der Waals surface area contributed by atoms with Crippen LogP contribution in [0.1, 0.15) is 38.5 Å². The Morgan fingerprint density at radius 1 is 1.36 bits per heavy atom. The number of hydrogen-bond donors (Lipinski definition) is 0. The van der Waals surface area contributed by atoms with Crippen molar-refractivity contribution in [1.82, 2.24) is 0 Å². The molecule has 0 unspecified atom stereocenters. The Labute approximate surface area is 73.8 Å². The Hall–Kier alpha value is 0.0200. The van der Waals surface area contributed by atoms with Gasteiger partial charge in [-0.2, -0.15) is 0 Å². The monoisotopic (exact) mass is 171 g/mol. The molecule has 1 aliphatic rings. The molecule has 0 atom stereocenters. The Morgan fingerprint density at radius 3 is 2.73 bits per heavy atom. The number of hydrogen-bond acceptors (Lipinski definition) is 2. The molecule has 1 rings (SSSR count). The molecule has 0 radical (unpaired) electrons. The smallest absolute Gasteiger partial charge is 0.0128 e. The second-order valence-electron chi connectivity index (χ2n) is 3.21. The van der Waals surface area contributed by atoms with Crippen LogP contribution in [-0.2, 0) is 0 Å². The van der Waals surface area contributed by atoms with E-state index in [-0.39, 0.29) is 0 Å². The summed E-state index contributed by atoms with van der Waals surface area (Å²) in [7, 11) is 0. The van der Waals surface area contributed by atoms with E-state index in [1.54, 1.807) is 11.9 Å². The van der Waals surface area contributed by atoms with E-state index in [9.17, 15) is 0 Å². The molecule has 0 amide bonds. The lowest BCUT2D eigenvalue weighted by molar-refractivity contribution is 0.370. The van der Waals surface area contributed by atoms with E-state index in [2.05, 4.69) is 10.6 Å². The first-order valence-electron chi connectivity index (χ1n) is 4.48. The molecule has 64 valence electrons. The van der Waals surface area contributed by atoms with Crippen molar-refractivity contribution in [2.45, 2.75) is 38.5 Å². The number of rotatable bonds is 3. The summed E-state index contributed by atoms with van der Waals surface area (Å²) in [4.78, 5) is 0. The van der Waals surface area contributed by atoms with Gasteiger partial charge in [0.1, 0.15) is 0 Å². The van der Waals surface area contributed by atoms with Crippen LogP contribution in [0.15, 0.2) is 4.40 Å². The van der Waals surface area contributed by atoms with E-state index in [4.69, 9.17) is 0 Å². The largest absolute Gasteiger partial charge is 0.229 e. The van der Waals surface area contributed by atoms with E-state index in [0.717, 1.165) is 5.92 Å². The van der Waals surface area contributed by atoms with Gasteiger partial charge in [-0.25, -0.2) is 4.40 Å². The van der Waals surface area contributed by atoms with Gasteiger partial charge in [0.2, 0.25) is 0 Å². The highest BCUT2D eigenvalue weighted by Gasteiger charge is 2.11. The average Bonchev–Trinajstić information content (AvgIpc) is 2.07. The summed E-state index contributed by atoms with van der Waals surface area (Å²) in [6.45, 7) is 0. The molecule has 0 bridgehead atoms. The van der Waals surface area contributed by atoms with Gasteiger partial charge in [0.15, 0.2) is 0 Å². The van der Waals surface area contributed by atoms with Crippen molar-refractivity contribution in [3.8, 4) is 0 Å². The second-order valence-corrected chi connectivity index (χ2v) is 3.79. The highest BCUT2D eigenvalue weighted by molar-refractivity contribution is 7.97. The van der Waals surface area contributed by atoms with Crippen molar-refractivity contribution in [3.05, 3.63) is 0 Å². The van der Waals surface area contributed by atoms with Crippen LogP contribution < -0.4 is 0 Å². The fourth-order valence-corrected chi connectivity index (χ4v) is 1.92. The van der Waals surface area contributed by atoms with Gasteiger partial charge in [0.05, 0.1) is 0 Å². The zero-order valence-corrected chi connectivity index (χ0v) is 8.07. The van der Waals surface area contributed by atoms with E-state index in [1.807, 2.05) is 6.26 Å². The summed E-state index contributed by atoms with van der Waals surface area (Å²) < 4.78 is 4.16. The maximum Gasteiger partial charge on any atom is 0.0128 e. The zero-order chi connectivity index (χ0) is 7.94. The standard InChI is InChI=1S/C9H17NS/c1-11-10-8-7-9-5-3-2-4-6-9/h8-9H,2-7H2,1H3/b10-8+. The van der Waals surface area contributed by atoms with E-state index < -0.39 is 0 Å². The van der Waals surface area contributed by atoms with Gasteiger partial charge in [-0.3, -0.25) is 0 Å². The van der Waals surface area contributed by atoms with Gasteiger partial charge >= 0.3 is 0 Å². The Kier molecular flexibility index (Phi) is 4.67. The fraction of sp³-hybridized carbons (Fsp3) is 0.889. The molecular formula is C9H17NS. The minimum Gasteiger partial charge on any atom is -0.229 e. The quantitative estimate of drug-likeness (QED) is 0.469. The highest BCUT2D eigenvalue weighted by Crippen LogP contribution is 2.25. The molecule has 0 aromatic rings. The first kappa shape index (κ1) is 9.11. The van der Waals surface area contributed by atoms with Crippen molar-refractivity contribution in [1.29, 1.82) is 0 Å². The maximum absolute atomic E-state index is 4.16. The molecule has 0 aromatic carbocycles. The third-order valence-electron chi connectivity index (χ3n) is 2.34. The van der Waals surface area contributed by atoms with Crippen LogP contribution in [0.2, 0.25) is 0 Å². The molecule has 0 aliphatic heterocycles. The van der Waals surface area contributed by atoms with Gasteiger partial charge in [-0.05, 0) is 24.3 Å². The topological polar surface area (TPSA) is 12.4 Å². The maximum atomic E-state index is 4.16. The first-order valence-corrected chi connectivity index (χ1v) is 5.66. The van der Waals surface area contributed by atoms with Gasteiger partial charge in [-0.1, -0.05) is 32.1 Å². The Bertz CT molecular complexity index is 117. The third kappa shape index (κ3) is 3.80. The van der Waals surface area contributed by atoms with Gasteiger partial charge in [0, 0.05) is 12.5 Å². The van der Waals surface area contributed by atoms with E-state index >= 15 is 0 Å². The predicted molar refractivity (Wildman–Crippen MR) is 53.2 cm³/mol. The Morgan fingerprint density at radius 2 is 2.09 bits per heavy atom. The van der Waals surface area contributed by atoms with Crippen LogP contribution in [0, 0.1) is 5.92 Å². The molecule has 1 aliphatic carbocycles. The summed E-state index contributed by atoms with van der Waals surface area (Å²) in [5.74, 6) is 0.944. The van der Waals surface area contributed by atoms with Gasteiger partial charge in [-0.15, -0.1) is 0 Å². The van der Waals surface area contributed by atoms with Crippen molar-refractivity contribution in [2.24, 2.45) is 10.3 Å². The van der Waals surface area contributed by atoms with Crippen LogP contribution in [0.5, 0.6) is 0 Å². The van der Waals surface area contributed by atoms with Crippen molar-refractivity contribution in [3.63, 3.8) is 0 Å². The Balaban J connectivity index is 2.09. The minimum atomic E-state index is 0.944. The third-order valence-corrected chi connectivity index (χ3v) is 2.70. The molecule has 2 heteroatoms. The summed E-state index contributed by atoms with van der Waals surface area (Å²) in [6, 6.07) is 0. The molecule has 0 aromatic heterocycles. The lowest BCUT2D eigenvalue weighted by atomic mass is 9.87. The number of nitrogens with zero attached hydrogens (tertiary/aromatic N) is 1. The molecule has 1 fully saturated rings. The summed E-state index contributed by atoms with van der Waals surface area (Å²) in [5, 5.41) is 0. The van der Waals surface area contributed by atoms with Gasteiger partial charge < -0.3 is 0 Å². The first-order chi connectivity index (χ1) is 5.43.